The Bertz CT molecular complexity index is 633. The molecular formula is C14H18FNO6S. The van der Waals surface area contributed by atoms with Crippen LogP contribution in [0.5, 0.6) is 0 Å². The summed E-state index contributed by atoms with van der Waals surface area (Å²) in [5.41, 5.74) is 0.453. The summed E-state index contributed by atoms with van der Waals surface area (Å²) < 4.78 is 50.2. The summed E-state index contributed by atoms with van der Waals surface area (Å²) in [7, 11) is -3.67. The number of ether oxygens (including phenoxy) is 2. The van der Waals surface area contributed by atoms with E-state index in [4.69, 9.17) is 14.6 Å². The number of nitrogens with one attached hydrogen (secondary N) is 1. The summed E-state index contributed by atoms with van der Waals surface area (Å²) in [5, 5.41) is 8.65. The smallest absolute Gasteiger partial charge is 0.329 e. The molecule has 0 unspecified atom stereocenters. The molecule has 9 heteroatoms. The Morgan fingerprint density at radius 1 is 1.39 bits per heavy atom. The highest BCUT2D eigenvalue weighted by Gasteiger charge is 2.30. The maximum Gasteiger partial charge on any atom is 0.329 e. The molecule has 2 rings (SSSR count). The van der Waals surface area contributed by atoms with Crippen LogP contribution in [0, 0.1) is 5.82 Å². The summed E-state index contributed by atoms with van der Waals surface area (Å²) in [6.45, 7) is -0.0438. The molecule has 0 aliphatic carbocycles. The molecular weight excluding hydrogens is 329 g/mol. The predicted octanol–water partition coefficient (Wildman–Crippen LogP) is 0.504. The number of carboxylic acids is 1. The van der Waals surface area contributed by atoms with Crippen LogP contribution in [0.4, 0.5) is 4.39 Å². The lowest BCUT2D eigenvalue weighted by atomic mass is 10.1. The van der Waals surface area contributed by atoms with E-state index in [1.54, 1.807) is 0 Å². The van der Waals surface area contributed by atoms with Crippen molar-refractivity contribution in [2.45, 2.75) is 24.3 Å². The molecule has 0 bridgehead atoms. The van der Waals surface area contributed by atoms with Gasteiger partial charge in [-0.3, -0.25) is 0 Å². The Labute approximate surface area is 133 Å². The third-order valence-electron chi connectivity index (χ3n) is 3.33. The number of halogens is 1. The minimum absolute atomic E-state index is 0.122. The van der Waals surface area contributed by atoms with Gasteiger partial charge >= 0.3 is 5.97 Å². The van der Waals surface area contributed by atoms with Gasteiger partial charge in [-0.25, -0.2) is 22.3 Å². The molecule has 1 fully saturated rings. The van der Waals surface area contributed by atoms with Crippen molar-refractivity contribution in [2.24, 2.45) is 0 Å². The molecule has 1 aliphatic heterocycles. The fraction of sp³-hybridized carbons (Fsp3) is 0.500. The monoisotopic (exact) mass is 347 g/mol. The van der Waals surface area contributed by atoms with E-state index in [2.05, 4.69) is 4.72 Å². The van der Waals surface area contributed by atoms with Crippen molar-refractivity contribution in [3.05, 3.63) is 35.6 Å². The highest BCUT2D eigenvalue weighted by molar-refractivity contribution is 7.88. The molecule has 1 aliphatic rings. The van der Waals surface area contributed by atoms with Crippen molar-refractivity contribution >= 4 is 16.0 Å². The lowest BCUT2D eigenvalue weighted by Gasteiger charge is -2.31. The number of carboxylic acid groups (broad SMARTS) is 1. The van der Waals surface area contributed by atoms with Crippen LogP contribution >= 0.6 is 0 Å². The Morgan fingerprint density at radius 3 is 2.74 bits per heavy atom. The summed E-state index contributed by atoms with van der Waals surface area (Å²) in [6, 6.07) is 4.62. The van der Waals surface area contributed by atoms with Gasteiger partial charge in [0.15, 0.2) is 0 Å². The average Bonchev–Trinajstić information content (AvgIpc) is 2.48. The molecule has 1 aromatic rings. The number of rotatable bonds is 7. The summed E-state index contributed by atoms with van der Waals surface area (Å²) in [5.74, 6) is -1.87. The van der Waals surface area contributed by atoms with Crippen molar-refractivity contribution in [3.8, 4) is 0 Å². The molecule has 7 nitrogen and oxygen atoms in total. The Morgan fingerprint density at radius 2 is 2.09 bits per heavy atom. The molecule has 23 heavy (non-hydrogen) atoms. The highest BCUT2D eigenvalue weighted by atomic mass is 32.2. The molecule has 0 saturated carbocycles. The van der Waals surface area contributed by atoms with Gasteiger partial charge in [0.25, 0.3) is 0 Å². The summed E-state index contributed by atoms with van der Waals surface area (Å²) in [6.07, 6.45) is -0.282. The normalized spacial score (nSPS) is 22.0. The fourth-order valence-corrected chi connectivity index (χ4v) is 3.71. The van der Waals surface area contributed by atoms with Gasteiger partial charge in [0.1, 0.15) is 12.4 Å². The molecule has 2 atom stereocenters. The van der Waals surface area contributed by atoms with E-state index < -0.39 is 40.6 Å². The maximum absolute atomic E-state index is 12.9. The number of hydrogen-bond acceptors (Lipinski definition) is 5. The van der Waals surface area contributed by atoms with Gasteiger partial charge in [0.05, 0.1) is 24.5 Å². The van der Waals surface area contributed by atoms with Crippen LogP contribution in [0.25, 0.3) is 0 Å². The second kappa shape index (κ2) is 7.82. The topological polar surface area (TPSA) is 102 Å². The van der Waals surface area contributed by atoms with E-state index in [1.807, 2.05) is 0 Å². The lowest BCUT2D eigenvalue weighted by Crippen LogP contribution is -2.50. The summed E-state index contributed by atoms with van der Waals surface area (Å²) >= 11 is 0. The van der Waals surface area contributed by atoms with Crippen LogP contribution in [-0.4, -0.2) is 51.5 Å². The van der Waals surface area contributed by atoms with Crippen molar-refractivity contribution in [1.82, 2.24) is 4.72 Å². The van der Waals surface area contributed by atoms with Crippen LogP contribution in [0.15, 0.2) is 24.3 Å². The SMILES string of the molecule is O=C(O)CO[C@@H]1COCC[C@H]1NS(=O)(=O)Cc1ccc(F)cc1. The van der Waals surface area contributed by atoms with E-state index in [0.29, 0.717) is 18.6 Å². The quantitative estimate of drug-likeness (QED) is 0.745. The van der Waals surface area contributed by atoms with Crippen molar-refractivity contribution < 1.29 is 32.2 Å². The number of benzene rings is 1. The first kappa shape index (κ1) is 17.8. The van der Waals surface area contributed by atoms with E-state index in [1.165, 1.54) is 24.3 Å². The molecule has 2 N–H and O–H groups in total. The van der Waals surface area contributed by atoms with E-state index in [9.17, 15) is 17.6 Å². The first-order valence-corrected chi connectivity index (χ1v) is 8.66. The van der Waals surface area contributed by atoms with Gasteiger partial charge in [0, 0.05) is 6.61 Å². The molecule has 0 spiro atoms. The fourth-order valence-electron chi connectivity index (χ4n) is 2.26. The van der Waals surface area contributed by atoms with E-state index >= 15 is 0 Å². The second-order valence-corrected chi connectivity index (χ2v) is 6.97. The van der Waals surface area contributed by atoms with Crippen molar-refractivity contribution in [1.29, 1.82) is 0 Å². The zero-order chi connectivity index (χ0) is 16.9. The first-order chi connectivity index (χ1) is 10.9. The molecule has 1 saturated heterocycles. The minimum atomic E-state index is -3.67. The lowest BCUT2D eigenvalue weighted by molar-refractivity contribution is -0.148. The number of aliphatic carboxylic acids is 1. The zero-order valence-corrected chi connectivity index (χ0v) is 13.1. The number of sulfonamides is 1. The largest absolute Gasteiger partial charge is 0.480 e. The Kier molecular flexibility index (Phi) is 6.05. The Balaban J connectivity index is 1.98. The van der Waals surface area contributed by atoms with Gasteiger partial charge in [-0.1, -0.05) is 12.1 Å². The van der Waals surface area contributed by atoms with Gasteiger partial charge < -0.3 is 14.6 Å². The standard InChI is InChI=1S/C14H18FNO6S/c15-11-3-1-10(2-4-11)9-23(19,20)16-12-5-6-21-7-13(12)22-8-14(17)18/h1-4,12-13,16H,5-9H2,(H,17,18)/t12-,13-/m1/s1. The number of hydrogen-bond donors (Lipinski definition) is 2. The third kappa shape index (κ3) is 5.87. The first-order valence-electron chi connectivity index (χ1n) is 7.01. The van der Waals surface area contributed by atoms with Gasteiger partial charge in [-0.15, -0.1) is 0 Å². The van der Waals surface area contributed by atoms with Crippen LogP contribution in [0.2, 0.25) is 0 Å². The van der Waals surface area contributed by atoms with Crippen LogP contribution in [0.3, 0.4) is 0 Å². The van der Waals surface area contributed by atoms with Gasteiger partial charge in [-0.05, 0) is 24.1 Å². The number of carbonyl (C=O) groups is 1. The van der Waals surface area contributed by atoms with E-state index in [0.717, 1.165) is 0 Å². The molecule has 0 amide bonds. The molecule has 1 heterocycles. The minimum Gasteiger partial charge on any atom is -0.480 e. The average molecular weight is 347 g/mol. The molecule has 1 aromatic carbocycles. The van der Waals surface area contributed by atoms with Crippen molar-refractivity contribution in [3.63, 3.8) is 0 Å². The Hall–Kier alpha value is -1.55. The van der Waals surface area contributed by atoms with Crippen LogP contribution in [-0.2, 0) is 30.0 Å². The van der Waals surface area contributed by atoms with Crippen LogP contribution < -0.4 is 4.72 Å². The summed E-state index contributed by atoms with van der Waals surface area (Å²) in [4.78, 5) is 10.6. The third-order valence-corrected chi connectivity index (χ3v) is 4.70. The maximum atomic E-state index is 12.9. The van der Waals surface area contributed by atoms with Gasteiger partial charge in [0.2, 0.25) is 10.0 Å². The molecule has 128 valence electrons. The van der Waals surface area contributed by atoms with Crippen LogP contribution in [0.1, 0.15) is 12.0 Å². The predicted molar refractivity (Wildman–Crippen MR) is 78.8 cm³/mol. The molecule has 0 aromatic heterocycles. The second-order valence-electron chi connectivity index (χ2n) is 5.22. The van der Waals surface area contributed by atoms with Gasteiger partial charge in [-0.2, -0.15) is 0 Å². The molecule has 0 radical (unpaired) electrons. The van der Waals surface area contributed by atoms with E-state index in [-0.39, 0.29) is 12.4 Å². The highest BCUT2D eigenvalue weighted by Crippen LogP contribution is 2.14. The zero-order valence-electron chi connectivity index (χ0n) is 12.3. The van der Waals surface area contributed by atoms with Crippen molar-refractivity contribution in [2.75, 3.05) is 19.8 Å².